The van der Waals surface area contributed by atoms with Gasteiger partial charge in [-0.15, -0.1) is 0 Å². The molecule has 42 heavy (non-hydrogen) atoms. The van der Waals surface area contributed by atoms with Gasteiger partial charge in [-0.05, 0) is 41.5 Å². The van der Waals surface area contributed by atoms with E-state index in [1.54, 1.807) is 18.2 Å². The molecule has 3 aromatic carbocycles. The number of carbonyl (C=O) groups is 1. The molecule has 1 heterocycles. The Morgan fingerprint density at radius 1 is 0.952 bits per heavy atom. The highest BCUT2D eigenvalue weighted by Crippen LogP contribution is 2.23. The van der Waals surface area contributed by atoms with E-state index in [-0.39, 0.29) is 35.3 Å². The van der Waals surface area contributed by atoms with Crippen LogP contribution in [0.5, 0.6) is 0 Å². The number of sulfone groups is 1. The van der Waals surface area contributed by atoms with Crippen molar-refractivity contribution < 1.29 is 13.2 Å². The molecule has 12 nitrogen and oxygen atoms in total. The molecule has 4 aromatic rings. The highest BCUT2D eigenvalue weighted by molar-refractivity contribution is 7.90. The van der Waals surface area contributed by atoms with Crippen molar-refractivity contribution in [2.45, 2.75) is 18.0 Å². The Morgan fingerprint density at radius 2 is 1.64 bits per heavy atom. The van der Waals surface area contributed by atoms with Gasteiger partial charge < -0.3 is 26.6 Å². The number of anilines is 5. The molecule has 5 N–H and O–H groups in total. The van der Waals surface area contributed by atoms with E-state index in [9.17, 15) is 22.8 Å². The van der Waals surface area contributed by atoms with Gasteiger partial charge in [0.05, 0.1) is 11.1 Å². The van der Waals surface area contributed by atoms with Crippen LogP contribution in [-0.2, 0) is 27.7 Å². The molecular formula is C28H28ClN7O5S. The lowest BCUT2D eigenvalue weighted by Gasteiger charge is -2.15. The van der Waals surface area contributed by atoms with Gasteiger partial charge in [-0.25, -0.2) is 13.4 Å². The van der Waals surface area contributed by atoms with Crippen molar-refractivity contribution in [2.24, 2.45) is 0 Å². The summed E-state index contributed by atoms with van der Waals surface area (Å²) in [6, 6.07) is 13.9. The second-order valence-corrected chi connectivity index (χ2v) is 11.6. The van der Waals surface area contributed by atoms with Crippen molar-refractivity contribution in [1.82, 2.24) is 15.3 Å². The fourth-order valence-corrected chi connectivity index (χ4v) is 4.67. The molecule has 4 rings (SSSR count). The van der Waals surface area contributed by atoms with Crippen molar-refractivity contribution in [3.05, 3.63) is 104 Å². The molecular weight excluding hydrogens is 582 g/mol. The Balaban J connectivity index is 1.32. The second kappa shape index (κ2) is 13.3. The maximum absolute atomic E-state index is 12.0. The zero-order valence-corrected chi connectivity index (χ0v) is 24.1. The van der Waals surface area contributed by atoms with Gasteiger partial charge in [0.25, 0.3) is 10.9 Å². The molecule has 0 unspecified atom stereocenters. The van der Waals surface area contributed by atoms with Crippen LogP contribution in [0.4, 0.5) is 28.8 Å². The Morgan fingerprint density at radius 3 is 2.33 bits per heavy atom. The Hall–Kier alpha value is -4.75. The van der Waals surface area contributed by atoms with Gasteiger partial charge in [0.1, 0.15) is 16.4 Å². The summed E-state index contributed by atoms with van der Waals surface area (Å²) in [5.74, 6) is 0.342. The van der Waals surface area contributed by atoms with Crippen LogP contribution < -0.4 is 37.4 Å². The first kappa shape index (κ1) is 30.2. The van der Waals surface area contributed by atoms with Gasteiger partial charge >= 0.3 is 0 Å². The highest BCUT2D eigenvalue weighted by Gasteiger charge is 2.20. The van der Waals surface area contributed by atoms with Gasteiger partial charge in [-0.3, -0.25) is 14.4 Å². The number of carbonyl (C=O) groups excluding carboxylic acids is 1. The molecule has 218 valence electrons. The van der Waals surface area contributed by atoms with Crippen molar-refractivity contribution in [2.75, 3.05) is 40.6 Å². The standard InChI is InChI=1S/C28H28ClN7O5S/c1-3-22(37)30-11-12-31-23-24(26(39)25(23)38)32-14-17-7-9-19(10-8-17)35-28-34-16-21(29)27(36-28)33-15-18-5-4-6-20(13-18)42(2,40)41/h3-10,13,16,31-32H,1,11-12,14-15H2,2H3,(H,30,37)(H2,33,34,35,36). The number of amides is 1. The minimum atomic E-state index is -3.32. The fraction of sp³-hybridized carbons (Fsp3) is 0.179. The van der Waals surface area contributed by atoms with Gasteiger partial charge in [0.2, 0.25) is 11.9 Å². The van der Waals surface area contributed by atoms with Gasteiger partial charge in [0, 0.05) is 38.1 Å². The summed E-state index contributed by atoms with van der Waals surface area (Å²) in [6.07, 6.45) is 3.76. The van der Waals surface area contributed by atoms with Crippen molar-refractivity contribution in [3.63, 3.8) is 0 Å². The van der Waals surface area contributed by atoms with Crippen LogP contribution in [0.25, 0.3) is 0 Å². The molecule has 0 saturated carbocycles. The number of rotatable bonds is 14. The maximum atomic E-state index is 12.0. The highest BCUT2D eigenvalue weighted by atomic mass is 35.5. The lowest BCUT2D eigenvalue weighted by Crippen LogP contribution is -2.38. The van der Waals surface area contributed by atoms with E-state index in [4.69, 9.17) is 11.6 Å². The fourth-order valence-electron chi connectivity index (χ4n) is 3.82. The Bertz CT molecular complexity index is 1790. The monoisotopic (exact) mass is 609 g/mol. The number of halogens is 1. The third-order valence-electron chi connectivity index (χ3n) is 6.03. The molecule has 0 atom stereocenters. The molecule has 0 fully saturated rings. The smallest absolute Gasteiger partial charge is 0.253 e. The summed E-state index contributed by atoms with van der Waals surface area (Å²) in [5, 5.41) is 14.9. The lowest BCUT2D eigenvalue weighted by molar-refractivity contribution is -0.116. The predicted octanol–water partition coefficient (Wildman–Crippen LogP) is 2.81. The van der Waals surface area contributed by atoms with E-state index in [1.807, 2.05) is 24.3 Å². The first-order valence-corrected chi connectivity index (χ1v) is 14.9. The average molecular weight is 610 g/mol. The van der Waals surface area contributed by atoms with Gasteiger partial charge in [0.15, 0.2) is 15.7 Å². The second-order valence-electron chi connectivity index (χ2n) is 9.17. The van der Waals surface area contributed by atoms with Crippen LogP contribution >= 0.6 is 11.6 Å². The Kier molecular flexibility index (Phi) is 9.55. The molecule has 0 aliphatic carbocycles. The summed E-state index contributed by atoms with van der Waals surface area (Å²) in [6.45, 7) is 4.52. The third kappa shape index (κ3) is 7.71. The number of hydrogen-bond donors (Lipinski definition) is 5. The maximum Gasteiger partial charge on any atom is 0.253 e. The zero-order valence-electron chi connectivity index (χ0n) is 22.5. The van der Waals surface area contributed by atoms with Crippen LogP contribution in [0.15, 0.2) is 81.9 Å². The van der Waals surface area contributed by atoms with E-state index in [2.05, 4.69) is 43.1 Å². The molecule has 0 aliphatic rings. The van der Waals surface area contributed by atoms with Crippen LogP contribution in [0, 0.1) is 0 Å². The topological polar surface area (TPSA) is 171 Å². The van der Waals surface area contributed by atoms with Crippen molar-refractivity contribution >= 4 is 56.2 Å². The van der Waals surface area contributed by atoms with E-state index >= 15 is 0 Å². The molecule has 14 heteroatoms. The molecule has 0 aliphatic heterocycles. The van der Waals surface area contributed by atoms with Crippen LogP contribution in [0.1, 0.15) is 11.1 Å². The number of hydrogen-bond acceptors (Lipinski definition) is 11. The van der Waals surface area contributed by atoms with Crippen molar-refractivity contribution in [3.8, 4) is 0 Å². The average Bonchev–Trinajstić information content (AvgIpc) is 2.98. The first-order chi connectivity index (χ1) is 20.0. The molecule has 1 amide bonds. The zero-order chi connectivity index (χ0) is 30.3. The number of nitrogens with zero attached hydrogens (tertiary/aromatic N) is 2. The first-order valence-electron chi connectivity index (χ1n) is 12.7. The number of aromatic nitrogens is 2. The lowest BCUT2D eigenvalue weighted by atomic mass is 10.1. The third-order valence-corrected chi connectivity index (χ3v) is 7.42. The molecule has 1 aromatic heterocycles. The molecule has 0 spiro atoms. The predicted molar refractivity (Wildman–Crippen MR) is 164 cm³/mol. The number of benzene rings is 2. The minimum absolute atomic E-state index is 0.193. The van der Waals surface area contributed by atoms with Crippen LogP contribution in [-0.4, -0.2) is 43.6 Å². The Labute approximate surface area is 246 Å². The summed E-state index contributed by atoms with van der Waals surface area (Å²) >= 11 is 6.26. The van der Waals surface area contributed by atoms with E-state index in [1.165, 1.54) is 12.3 Å². The minimum Gasteiger partial charge on any atom is -0.378 e. The molecule has 0 bridgehead atoms. The quantitative estimate of drug-likeness (QED) is 0.0808. The summed E-state index contributed by atoms with van der Waals surface area (Å²) < 4.78 is 23.7. The summed E-state index contributed by atoms with van der Waals surface area (Å²) in [5.41, 5.74) is 1.49. The van der Waals surface area contributed by atoms with E-state index in [0.29, 0.717) is 35.6 Å². The van der Waals surface area contributed by atoms with E-state index < -0.39 is 20.7 Å². The SMILES string of the molecule is C=CC(=O)NCCNc1c(NCc2ccc(Nc3ncc(Cl)c(NCc4cccc(S(C)(=O)=O)c4)n3)cc2)c(=O)c1=O. The summed E-state index contributed by atoms with van der Waals surface area (Å²) in [4.78, 5) is 44.0. The normalized spacial score (nSPS) is 11.1. The molecule has 0 saturated heterocycles. The molecule has 0 radical (unpaired) electrons. The van der Waals surface area contributed by atoms with Gasteiger partial charge in [-0.2, -0.15) is 4.98 Å². The van der Waals surface area contributed by atoms with E-state index in [0.717, 1.165) is 23.5 Å². The summed E-state index contributed by atoms with van der Waals surface area (Å²) in [7, 11) is -3.32. The largest absolute Gasteiger partial charge is 0.378 e. The van der Waals surface area contributed by atoms with Crippen LogP contribution in [0.3, 0.4) is 0 Å². The number of nitrogens with one attached hydrogen (secondary N) is 5. The van der Waals surface area contributed by atoms with Crippen LogP contribution in [0.2, 0.25) is 5.02 Å². The van der Waals surface area contributed by atoms with Crippen molar-refractivity contribution in [1.29, 1.82) is 0 Å². The van der Waals surface area contributed by atoms with Gasteiger partial charge in [-0.1, -0.05) is 42.4 Å².